The van der Waals surface area contributed by atoms with Crippen LogP contribution in [0.25, 0.3) is 0 Å². The molecule has 3 aliphatic rings. The van der Waals surface area contributed by atoms with E-state index in [9.17, 15) is 15.8 Å². The normalized spacial score (nSPS) is 32.4. The lowest BCUT2D eigenvalue weighted by molar-refractivity contribution is -0.323. The van der Waals surface area contributed by atoms with Gasteiger partial charge in [-0.1, -0.05) is 60.7 Å². The molecule has 0 aliphatic carbocycles. The molecule has 6 heteroatoms. The van der Waals surface area contributed by atoms with E-state index in [4.69, 9.17) is 14.9 Å². The Hall–Kier alpha value is -3.66. The predicted molar refractivity (Wildman–Crippen MR) is 98.4 cm³/mol. The molecule has 0 saturated carbocycles. The van der Waals surface area contributed by atoms with Crippen LogP contribution in [-0.2, 0) is 9.47 Å². The molecule has 0 spiro atoms. The molecule has 5 rings (SSSR count). The van der Waals surface area contributed by atoms with Crippen molar-refractivity contribution in [1.29, 1.82) is 21.2 Å². The van der Waals surface area contributed by atoms with Gasteiger partial charge in [0.2, 0.25) is 11.7 Å². The van der Waals surface area contributed by atoms with Gasteiger partial charge in [-0.3, -0.25) is 5.41 Å². The van der Waals surface area contributed by atoms with Crippen molar-refractivity contribution in [2.45, 2.75) is 24.7 Å². The zero-order valence-electron chi connectivity index (χ0n) is 15.1. The minimum Gasteiger partial charge on any atom is -0.447 e. The first-order chi connectivity index (χ1) is 13.5. The van der Waals surface area contributed by atoms with Crippen LogP contribution in [0.2, 0.25) is 0 Å². The highest BCUT2D eigenvalue weighted by Crippen LogP contribution is 2.69. The van der Waals surface area contributed by atoms with E-state index in [-0.39, 0.29) is 0 Å². The minimum atomic E-state index is -1.91. The van der Waals surface area contributed by atoms with E-state index in [1.807, 2.05) is 12.1 Å². The molecule has 3 aliphatic heterocycles. The summed E-state index contributed by atoms with van der Waals surface area (Å²) in [6.07, 6.45) is -0.982. The Labute approximate surface area is 162 Å². The van der Waals surface area contributed by atoms with Gasteiger partial charge >= 0.3 is 0 Å². The molecule has 0 unspecified atom stereocenters. The minimum absolute atomic E-state index is 0.409. The highest BCUT2D eigenvalue weighted by atomic mass is 16.7. The molecule has 3 heterocycles. The first-order valence-corrected chi connectivity index (χ1v) is 8.78. The van der Waals surface area contributed by atoms with Crippen LogP contribution < -0.4 is 0 Å². The van der Waals surface area contributed by atoms with Gasteiger partial charge in [0.1, 0.15) is 6.10 Å². The molecule has 0 aromatic heterocycles. The Morgan fingerprint density at radius 1 is 0.857 bits per heavy atom. The Bertz CT molecular complexity index is 1050. The van der Waals surface area contributed by atoms with E-state index in [1.54, 1.807) is 55.5 Å². The van der Waals surface area contributed by atoms with Crippen LogP contribution in [0.4, 0.5) is 0 Å². The van der Waals surface area contributed by atoms with Crippen molar-refractivity contribution in [2.24, 2.45) is 10.8 Å². The van der Waals surface area contributed by atoms with Crippen LogP contribution in [0.1, 0.15) is 30.1 Å². The molecule has 3 saturated heterocycles. The highest BCUT2D eigenvalue weighted by Gasteiger charge is 2.79. The number of rotatable bonds is 2. The summed E-state index contributed by atoms with van der Waals surface area (Å²) in [6.45, 7) is 1.62. The van der Waals surface area contributed by atoms with Gasteiger partial charge in [0.05, 0.1) is 24.1 Å². The molecule has 6 nitrogen and oxygen atoms in total. The predicted octanol–water partition coefficient (Wildman–Crippen LogP) is 3.81. The SMILES string of the molecule is C[C@@]12OC(=N)[C@@](C#N)([C@H](c3ccccc3)O1)C(C#N)(C#N)[C@H]2c1ccccc1. The van der Waals surface area contributed by atoms with Gasteiger partial charge in [0.25, 0.3) is 0 Å². The summed E-state index contributed by atoms with van der Waals surface area (Å²) in [5, 5.41) is 39.3. The van der Waals surface area contributed by atoms with E-state index < -0.39 is 34.5 Å². The number of nitriles is 3. The fourth-order valence-corrected chi connectivity index (χ4v) is 4.55. The third kappa shape index (κ3) is 1.94. The Balaban J connectivity index is 2.05. The van der Waals surface area contributed by atoms with Gasteiger partial charge in [-0.15, -0.1) is 0 Å². The third-order valence-corrected chi connectivity index (χ3v) is 5.75. The zero-order valence-corrected chi connectivity index (χ0v) is 15.1. The van der Waals surface area contributed by atoms with Crippen LogP contribution in [0.3, 0.4) is 0 Å². The summed E-state index contributed by atoms with van der Waals surface area (Å²) in [6, 6.07) is 24.2. The van der Waals surface area contributed by atoms with E-state index in [0.717, 1.165) is 0 Å². The fraction of sp³-hybridized carbons (Fsp3) is 0.273. The molecule has 136 valence electrons. The van der Waals surface area contributed by atoms with Crippen LogP contribution in [0, 0.1) is 50.2 Å². The summed E-state index contributed by atoms with van der Waals surface area (Å²) < 4.78 is 12.0. The van der Waals surface area contributed by atoms with Crippen LogP contribution >= 0.6 is 0 Å². The van der Waals surface area contributed by atoms with Crippen molar-refractivity contribution < 1.29 is 9.47 Å². The van der Waals surface area contributed by atoms with E-state index in [0.29, 0.717) is 11.1 Å². The monoisotopic (exact) mass is 368 g/mol. The molecule has 3 fully saturated rings. The maximum atomic E-state index is 10.3. The summed E-state index contributed by atoms with van der Waals surface area (Å²) in [5.74, 6) is -2.74. The average Bonchev–Trinajstić information content (AvgIpc) is 2.73. The Morgan fingerprint density at radius 2 is 1.39 bits per heavy atom. The van der Waals surface area contributed by atoms with Crippen LogP contribution in [0.15, 0.2) is 60.7 Å². The second-order valence-electron chi connectivity index (χ2n) is 7.15. The van der Waals surface area contributed by atoms with Crippen LogP contribution in [0.5, 0.6) is 0 Å². The first kappa shape index (κ1) is 17.7. The molecule has 0 radical (unpaired) electrons. The molecular weight excluding hydrogens is 352 g/mol. The lowest BCUT2D eigenvalue weighted by atomic mass is 9.49. The molecule has 0 amide bonds. The lowest BCUT2D eigenvalue weighted by Gasteiger charge is -2.61. The zero-order chi connectivity index (χ0) is 20.0. The molecular formula is C22H16N4O2. The number of benzene rings is 2. The summed E-state index contributed by atoms with van der Waals surface area (Å²) in [4.78, 5) is 0. The van der Waals surface area contributed by atoms with E-state index >= 15 is 0 Å². The molecule has 2 aromatic carbocycles. The third-order valence-electron chi connectivity index (χ3n) is 5.75. The number of hydrogen-bond acceptors (Lipinski definition) is 6. The topological polar surface area (TPSA) is 114 Å². The van der Waals surface area contributed by atoms with Gasteiger partial charge in [-0.25, -0.2) is 0 Å². The van der Waals surface area contributed by atoms with Crippen molar-refractivity contribution in [3.8, 4) is 18.2 Å². The van der Waals surface area contributed by atoms with Gasteiger partial charge in [-0.2, -0.15) is 15.8 Å². The molecule has 1 N–H and O–H groups in total. The lowest BCUT2D eigenvalue weighted by Crippen LogP contribution is -2.70. The molecule has 2 bridgehead atoms. The van der Waals surface area contributed by atoms with Crippen molar-refractivity contribution in [3.05, 3.63) is 71.8 Å². The van der Waals surface area contributed by atoms with E-state index in [2.05, 4.69) is 18.2 Å². The standard InChI is InChI=1S/C22H16N4O2/c1-20-17(15-8-4-2-5-9-15)21(12-23,13-24)22(14-25,19(26)28-20)18(27-20)16-10-6-3-7-11-16/h2-11,17-18,26H,1H3/t17-,18-,20-,22+/m0/s1. The number of ether oxygens (including phenoxy) is 2. The van der Waals surface area contributed by atoms with Gasteiger partial charge < -0.3 is 9.47 Å². The quantitative estimate of drug-likeness (QED) is 0.866. The summed E-state index contributed by atoms with van der Waals surface area (Å²) in [5.41, 5.74) is -2.52. The molecule has 2 aromatic rings. The second-order valence-corrected chi connectivity index (χ2v) is 7.15. The fourth-order valence-electron chi connectivity index (χ4n) is 4.55. The van der Waals surface area contributed by atoms with Crippen molar-refractivity contribution in [2.75, 3.05) is 0 Å². The van der Waals surface area contributed by atoms with Gasteiger partial charge in [0.15, 0.2) is 10.8 Å². The van der Waals surface area contributed by atoms with E-state index in [1.165, 1.54) is 0 Å². The average molecular weight is 368 g/mol. The number of fused-ring (bicyclic) bond motifs is 3. The van der Waals surface area contributed by atoms with Gasteiger partial charge in [0, 0.05) is 6.92 Å². The van der Waals surface area contributed by atoms with Crippen molar-refractivity contribution in [3.63, 3.8) is 0 Å². The maximum Gasteiger partial charge on any atom is 0.219 e. The summed E-state index contributed by atoms with van der Waals surface area (Å²) >= 11 is 0. The second kappa shape index (κ2) is 5.92. The van der Waals surface area contributed by atoms with Crippen molar-refractivity contribution in [1.82, 2.24) is 0 Å². The largest absolute Gasteiger partial charge is 0.447 e. The van der Waals surface area contributed by atoms with Gasteiger partial charge in [-0.05, 0) is 11.1 Å². The summed E-state index contributed by atoms with van der Waals surface area (Å²) in [7, 11) is 0. The molecule has 28 heavy (non-hydrogen) atoms. The highest BCUT2D eigenvalue weighted by molar-refractivity contribution is 5.89. The first-order valence-electron chi connectivity index (χ1n) is 8.78. The number of hydrogen-bond donors (Lipinski definition) is 1. The molecule has 4 atom stereocenters. The smallest absolute Gasteiger partial charge is 0.219 e. The van der Waals surface area contributed by atoms with Crippen molar-refractivity contribution >= 4 is 5.90 Å². The number of nitrogens with zero attached hydrogens (tertiary/aromatic N) is 3. The van der Waals surface area contributed by atoms with Crippen LogP contribution in [-0.4, -0.2) is 11.7 Å². The maximum absolute atomic E-state index is 10.3. The Morgan fingerprint density at radius 3 is 1.89 bits per heavy atom. The number of nitrogens with one attached hydrogen (secondary N) is 1. The Kier molecular flexibility index (Phi) is 3.75.